The molecule has 0 spiro atoms. The van der Waals surface area contributed by atoms with E-state index in [2.05, 4.69) is 0 Å². The summed E-state index contributed by atoms with van der Waals surface area (Å²) in [5.74, 6) is 0.271. The molecule has 0 heterocycles. The first kappa shape index (κ1) is 21.1. The molecule has 0 aliphatic carbocycles. The maximum Gasteiger partial charge on any atom is 0.133 e. The number of para-hydroxylation sites is 1. The Balaban J connectivity index is 0.000000459. The van der Waals surface area contributed by atoms with Crippen LogP contribution in [0.15, 0.2) is 18.2 Å². The highest BCUT2D eigenvalue weighted by atomic mass is 16.1. The normalized spacial score (nSPS) is 9.87. The molecule has 0 aliphatic heterocycles. The Kier molecular flexibility index (Phi) is 11.6. The fourth-order valence-corrected chi connectivity index (χ4v) is 1.83. The fourth-order valence-electron chi connectivity index (χ4n) is 1.83. The monoisotopic (exact) mass is 322 g/mol. The molecule has 0 saturated carbocycles. The van der Waals surface area contributed by atoms with Gasteiger partial charge in [0.15, 0.2) is 0 Å². The fraction of sp³-hybridized carbons (Fsp3) is 0.529. The molecular formula is C17H30N4O2. The number of hydrogen-bond donors (Lipinski definition) is 4. The Morgan fingerprint density at radius 1 is 0.870 bits per heavy atom. The van der Waals surface area contributed by atoms with Gasteiger partial charge in [0.25, 0.3) is 0 Å². The van der Waals surface area contributed by atoms with Crippen molar-refractivity contribution >= 4 is 22.9 Å². The van der Waals surface area contributed by atoms with E-state index in [0.717, 1.165) is 18.4 Å². The number of Topliss-reactive ketones (excluding diaryl/α,β-unsaturated/α-hetero) is 2. The molecule has 8 N–H and O–H groups in total. The third kappa shape index (κ3) is 10.4. The van der Waals surface area contributed by atoms with Gasteiger partial charge in [-0.05, 0) is 44.5 Å². The zero-order valence-electron chi connectivity index (χ0n) is 14.0. The van der Waals surface area contributed by atoms with E-state index in [1.54, 1.807) is 6.07 Å². The maximum atomic E-state index is 11.1. The number of aryl methyl sites for hydroxylation is 1. The van der Waals surface area contributed by atoms with Gasteiger partial charge in [-0.3, -0.25) is 9.59 Å². The van der Waals surface area contributed by atoms with Crippen molar-refractivity contribution in [3.05, 3.63) is 23.8 Å². The summed E-state index contributed by atoms with van der Waals surface area (Å²) in [6.07, 6.45) is 3.17. The van der Waals surface area contributed by atoms with Crippen LogP contribution in [0.4, 0.5) is 11.4 Å². The Morgan fingerprint density at radius 3 is 1.70 bits per heavy atom. The first-order valence-electron chi connectivity index (χ1n) is 7.96. The van der Waals surface area contributed by atoms with E-state index >= 15 is 0 Å². The van der Waals surface area contributed by atoms with Gasteiger partial charge in [0.1, 0.15) is 11.6 Å². The number of nitrogen functional groups attached to an aromatic ring is 2. The number of ketones is 2. The summed E-state index contributed by atoms with van der Waals surface area (Å²) in [5, 5.41) is 0. The van der Waals surface area contributed by atoms with Crippen LogP contribution in [0.2, 0.25) is 0 Å². The van der Waals surface area contributed by atoms with E-state index in [9.17, 15) is 9.59 Å². The summed E-state index contributed by atoms with van der Waals surface area (Å²) >= 11 is 0. The smallest absolute Gasteiger partial charge is 0.133 e. The summed E-state index contributed by atoms with van der Waals surface area (Å²) in [6, 6.07) is 5.62. The molecule has 1 rings (SSSR count). The summed E-state index contributed by atoms with van der Waals surface area (Å²) in [7, 11) is 0. The molecule has 1 aromatic rings. The molecule has 0 bridgehead atoms. The third-order valence-corrected chi connectivity index (χ3v) is 3.36. The Hall–Kier alpha value is -1.92. The van der Waals surface area contributed by atoms with Crippen LogP contribution in [0.3, 0.4) is 0 Å². The highest BCUT2D eigenvalue weighted by molar-refractivity contribution is 5.85. The Bertz CT molecular complexity index is 449. The highest BCUT2D eigenvalue weighted by Crippen LogP contribution is 2.17. The lowest BCUT2D eigenvalue weighted by Gasteiger charge is -2.00. The lowest BCUT2D eigenvalue weighted by atomic mass is 10.1. The number of rotatable bonds is 9. The van der Waals surface area contributed by atoms with E-state index in [4.69, 9.17) is 22.9 Å². The molecule has 6 heteroatoms. The molecule has 0 atom stereocenters. The summed E-state index contributed by atoms with van der Waals surface area (Å²) in [5.41, 5.74) is 24.0. The molecule has 130 valence electrons. The Labute approximate surface area is 138 Å². The minimum atomic E-state index is 0.136. The van der Waals surface area contributed by atoms with Crippen molar-refractivity contribution in [2.45, 2.75) is 45.4 Å². The van der Waals surface area contributed by atoms with Crippen LogP contribution >= 0.6 is 0 Å². The van der Waals surface area contributed by atoms with Crippen molar-refractivity contribution in [1.29, 1.82) is 0 Å². The van der Waals surface area contributed by atoms with Crippen molar-refractivity contribution in [3.8, 4) is 0 Å². The second-order valence-corrected chi connectivity index (χ2v) is 5.44. The highest BCUT2D eigenvalue weighted by Gasteiger charge is 2.06. The largest absolute Gasteiger partial charge is 0.397 e. The molecule has 23 heavy (non-hydrogen) atoms. The van der Waals surface area contributed by atoms with Gasteiger partial charge in [0.05, 0.1) is 11.4 Å². The van der Waals surface area contributed by atoms with Gasteiger partial charge < -0.3 is 22.9 Å². The van der Waals surface area contributed by atoms with Gasteiger partial charge >= 0.3 is 0 Å². The van der Waals surface area contributed by atoms with Crippen LogP contribution in [-0.2, 0) is 9.59 Å². The maximum absolute atomic E-state index is 11.1. The number of benzene rings is 1. The van der Waals surface area contributed by atoms with E-state index in [0.29, 0.717) is 50.1 Å². The summed E-state index contributed by atoms with van der Waals surface area (Å²) in [6.45, 7) is 3.01. The van der Waals surface area contributed by atoms with Crippen LogP contribution in [-0.4, -0.2) is 24.7 Å². The van der Waals surface area contributed by atoms with Crippen molar-refractivity contribution < 1.29 is 9.59 Å². The number of anilines is 2. The average molecular weight is 322 g/mol. The van der Waals surface area contributed by atoms with E-state index in [1.165, 1.54) is 0 Å². The first-order valence-corrected chi connectivity index (χ1v) is 7.96. The number of nitrogens with two attached hydrogens (primary N) is 4. The molecule has 6 nitrogen and oxygen atoms in total. The van der Waals surface area contributed by atoms with E-state index in [1.807, 2.05) is 19.1 Å². The van der Waals surface area contributed by atoms with Gasteiger partial charge in [0, 0.05) is 25.7 Å². The SMILES string of the molecule is Cc1cccc(N)c1N.NCCCC(=O)CCC(=O)CCCN. The van der Waals surface area contributed by atoms with Crippen molar-refractivity contribution in [3.63, 3.8) is 0 Å². The van der Waals surface area contributed by atoms with Gasteiger partial charge in [0.2, 0.25) is 0 Å². The zero-order chi connectivity index (χ0) is 17.7. The van der Waals surface area contributed by atoms with Crippen LogP contribution in [0.5, 0.6) is 0 Å². The van der Waals surface area contributed by atoms with Crippen molar-refractivity contribution in [2.24, 2.45) is 11.5 Å². The predicted octanol–water partition coefficient (Wildman–Crippen LogP) is 1.54. The van der Waals surface area contributed by atoms with Gasteiger partial charge in [-0.15, -0.1) is 0 Å². The molecule has 0 aromatic heterocycles. The second-order valence-electron chi connectivity index (χ2n) is 5.44. The number of carbonyl (C=O) groups is 2. The second kappa shape index (κ2) is 12.6. The molecule has 0 radical (unpaired) electrons. The predicted molar refractivity (Wildman–Crippen MR) is 95.8 cm³/mol. The topological polar surface area (TPSA) is 138 Å². The molecule has 0 unspecified atom stereocenters. The standard InChI is InChI=1S/C10H20N2O2.C7H10N2/c11-7-1-3-9(13)5-6-10(14)4-2-8-12;1-5-3-2-4-6(8)7(5)9/h1-8,11-12H2;2-4H,8-9H2,1H3. The van der Waals surface area contributed by atoms with Crippen molar-refractivity contribution in [2.75, 3.05) is 24.6 Å². The quantitative estimate of drug-likeness (QED) is 0.509. The minimum absolute atomic E-state index is 0.136. The summed E-state index contributed by atoms with van der Waals surface area (Å²) < 4.78 is 0. The molecule has 0 saturated heterocycles. The van der Waals surface area contributed by atoms with Crippen molar-refractivity contribution in [1.82, 2.24) is 0 Å². The molecule has 0 amide bonds. The van der Waals surface area contributed by atoms with Gasteiger partial charge in [-0.2, -0.15) is 0 Å². The minimum Gasteiger partial charge on any atom is -0.397 e. The zero-order valence-corrected chi connectivity index (χ0v) is 14.0. The molecule has 1 aromatic carbocycles. The molecular weight excluding hydrogens is 292 g/mol. The average Bonchev–Trinajstić information content (AvgIpc) is 2.54. The summed E-state index contributed by atoms with van der Waals surface area (Å²) in [4.78, 5) is 22.3. The van der Waals surface area contributed by atoms with Crippen LogP contribution < -0.4 is 22.9 Å². The van der Waals surface area contributed by atoms with Gasteiger partial charge in [-0.1, -0.05) is 12.1 Å². The molecule has 0 fully saturated rings. The lowest BCUT2D eigenvalue weighted by molar-refractivity contribution is -0.124. The van der Waals surface area contributed by atoms with Gasteiger partial charge in [-0.25, -0.2) is 0 Å². The molecule has 0 aliphatic rings. The first-order chi connectivity index (χ1) is 10.9. The van der Waals surface area contributed by atoms with E-state index < -0.39 is 0 Å². The van der Waals surface area contributed by atoms with Crippen LogP contribution in [0, 0.1) is 6.92 Å². The van der Waals surface area contributed by atoms with E-state index in [-0.39, 0.29) is 11.6 Å². The number of carbonyl (C=O) groups excluding carboxylic acids is 2. The lowest BCUT2D eigenvalue weighted by Crippen LogP contribution is -2.08. The van der Waals surface area contributed by atoms with Crippen LogP contribution in [0.1, 0.15) is 44.1 Å². The Morgan fingerprint density at radius 2 is 1.35 bits per heavy atom. The third-order valence-electron chi connectivity index (χ3n) is 3.36. The number of hydrogen-bond acceptors (Lipinski definition) is 6. The van der Waals surface area contributed by atoms with Crippen LogP contribution in [0.25, 0.3) is 0 Å².